The SMILES string of the molecule is C[Si](C)(C)c1ccc(-c2ccccc2)nc1.Cc1ccnc(-c2cccc3c2oc2cc(-c4cccc(F)c4)ccc23)c1.[Ir].c1ccc(-c2ccccn2)cc1. The van der Waals surface area contributed by atoms with E-state index in [0.29, 0.717) is 0 Å². The van der Waals surface area contributed by atoms with Crippen molar-refractivity contribution < 1.29 is 28.9 Å². The van der Waals surface area contributed by atoms with E-state index in [1.165, 1.54) is 22.9 Å². The van der Waals surface area contributed by atoms with Gasteiger partial charge >= 0.3 is 0 Å². The van der Waals surface area contributed by atoms with Gasteiger partial charge in [0.25, 0.3) is 0 Å². The van der Waals surface area contributed by atoms with Crippen LogP contribution in [0.1, 0.15) is 5.56 Å². The second kappa shape index (κ2) is 18.2. The van der Waals surface area contributed by atoms with Crippen molar-refractivity contribution in [1.29, 1.82) is 0 Å². The fourth-order valence-corrected chi connectivity index (χ4v) is 7.33. The molecule has 9 rings (SSSR count). The van der Waals surface area contributed by atoms with Gasteiger partial charge in [0.2, 0.25) is 0 Å². The third-order valence-electron chi connectivity index (χ3n) is 9.28. The molecule has 1 radical (unpaired) electrons. The van der Waals surface area contributed by atoms with Crippen molar-refractivity contribution in [2.24, 2.45) is 0 Å². The number of nitrogens with zero attached hydrogens (tertiary/aromatic N) is 3. The van der Waals surface area contributed by atoms with Crippen LogP contribution in [0.2, 0.25) is 19.6 Å². The molecule has 4 aromatic heterocycles. The summed E-state index contributed by atoms with van der Waals surface area (Å²) in [4.78, 5) is 13.3. The van der Waals surface area contributed by atoms with E-state index in [4.69, 9.17) is 4.42 Å². The number of hydrogen-bond acceptors (Lipinski definition) is 4. The van der Waals surface area contributed by atoms with E-state index in [9.17, 15) is 4.39 Å². The number of aryl methyl sites for hydroxylation is 1. The summed E-state index contributed by atoms with van der Waals surface area (Å²) in [6, 6.07) is 53.5. The summed E-state index contributed by atoms with van der Waals surface area (Å²) in [5, 5.41) is 3.50. The van der Waals surface area contributed by atoms with Crippen molar-refractivity contribution in [3.63, 3.8) is 0 Å². The first-order valence-corrected chi connectivity index (χ1v) is 21.9. The number of benzene rings is 5. The molecule has 4 heterocycles. The second-order valence-electron chi connectivity index (χ2n) is 14.4. The van der Waals surface area contributed by atoms with E-state index in [2.05, 4.69) is 90.0 Å². The first kappa shape index (κ1) is 39.8. The van der Waals surface area contributed by atoms with Crippen LogP contribution in [0, 0.1) is 12.7 Å². The maximum atomic E-state index is 13.6. The van der Waals surface area contributed by atoms with Crippen LogP contribution in [0.25, 0.3) is 66.8 Å². The van der Waals surface area contributed by atoms with Gasteiger partial charge in [-0.1, -0.05) is 123 Å². The molecule has 56 heavy (non-hydrogen) atoms. The molecule has 7 heteroatoms. The van der Waals surface area contributed by atoms with E-state index in [1.807, 2.05) is 116 Å². The number of rotatable bonds is 5. The normalized spacial score (nSPS) is 10.8. The molecular weight excluding hydrogens is 886 g/mol. The van der Waals surface area contributed by atoms with Crippen molar-refractivity contribution in [3.05, 3.63) is 194 Å². The van der Waals surface area contributed by atoms with Crippen LogP contribution in [0.4, 0.5) is 4.39 Å². The van der Waals surface area contributed by atoms with E-state index >= 15 is 0 Å². The van der Waals surface area contributed by atoms with Crippen molar-refractivity contribution in [1.82, 2.24) is 15.0 Å². The molecule has 0 bridgehead atoms. The molecule has 0 unspecified atom stereocenters. The topological polar surface area (TPSA) is 51.8 Å². The van der Waals surface area contributed by atoms with Gasteiger partial charge in [0, 0.05) is 66.2 Å². The molecule has 0 saturated carbocycles. The summed E-state index contributed by atoms with van der Waals surface area (Å²) in [5.41, 5.74) is 10.8. The van der Waals surface area contributed by atoms with Crippen LogP contribution >= 0.6 is 0 Å². The summed E-state index contributed by atoms with van der Waals surface area (Å²) >= 11 is 0. The number of pyridine rings is 3. The first-order valence-electron chi connectivity index (χ1n) is 18.4. The zero-order valence-electron chi connectivity index (χ0n) is 31.8. The Kier molecular flexibility index (Phi) is 12.9. The average Bonchev–Trinajstić information content (AvgIpc) is 3.60. The predicted molar refractivity (Wildman–Crippen MR) is 229 cm³/mol. The molecule has 279 valence electrons. The maximum absolute atomic E-state index is 13.6. The minimum absolute atomic E-state index is 0. The molecule has 0 amide bonds. The second-order valence-corrected chi connectivity index (χ2v) is 19.4. The van der Waals surface area contributed by atoms with Gasteiger partial charge in [-0.05, 0) is 89.5 Å². The molecule has 0 aliphatic carbocycles. The zero-order chi connectivity index (χ0) is 38.2. The van der Waals surface area contributed by atoms with Gasteiger partial charge < -0.3 is 4.42 Å². The standard InChI is InChI=1S/C24H16FNO.C14H17NSi.C11H9N.Ir/c1-15-10-11-26-22(12-15)21-7-3-6-20-19-9-8-17(14-23(19)27-24(20)21)16-4-2-5-18(25)13-16;1-16(2,3)13-9-10-14(15-11-13)12-7-5-4-6-8-12;1-2-6-10(7-3-1)11-8-4-5-9-12-11;/h2-14H,1H3;4-11H,1-3H3;1-9H;. The summed E-state index contributed by atoms with van der Waals surface area (Å²) in [5.74, 6) is -0.245. The van der Waals surface area contributed by atoms with Gasteiger partial charge in [-0.15, -0.1) is 0 Å². The summed E-state index contributed by atoms with van der Waals surface area (Å²) in [7, 11) is -1.22. The number of hydrogen-bond donors (Lipinski definition) is 0. The van der Waals surface area contributed by atoms with Crippen LogP contribution in [0.15, 0.2) is 187 Å². The number of halogens is 1. The minimum atomic E-state index is -1.22. The Morgan fingerprint density at radius 1 is 0.500 bits per heavy atom. The van der Waals surface area contributed by atoms with E-state index in [1.54, 1.807) is 6.07 Å². The molecule has 0 aliphatic heterocycles. The third kappa shape index (κ3) is 9.68. The largest absolute Gasteiger partial charge is 0.455 e. The summed E-state index contributed by atoms with van der Waals surface area (Å²) < 4.78 is 19.8. The van der Waals surface area contributed by atoms with E-state index in [0.717, 1.165) is 66.8 Å². The molecule has 9 aromatic rings. The molecular formula is C49H42FIrN3OSi. The van der Waals surface area contributed by atoms with Gasteiger partial charge in [-0.2, -0.15) is 0 Å². The van der Waals surface area contributed by atoms with Gasteiger partial charge in [0.15, 0.2) is 0 Å². The van der Waals surface area contributed by atoms with Gasteiger partial charge in [-0.3, -0.25) is 15.0 Å². The molecule has 0 atom stereocenters. The number of furan rings is 1. The Hall–Kier alpha value is -5.85. The molecule has 0 N–H and O–H groups in total. The van der Waals surface area contributed by atoms with Crippen LogP contribution < -0.4 is 5.19 Å². The smallest absolute Gasteiger partial charge is 0.144 e. The molecule has 0 spiro atoms. The van der Waals surface area contributed by atoms with Gasteiger partial charge in [-0.25, -0.2) is 4.39 Å². The quantitative estimate of drug-likeness (QED) is 0.161. The number of aromatic nitrogens is 3. The molecule has 0 aliphatic rings. The third-order valence-corrected chi connectivity index (χ3v) is 11.3. The average molecular weight is 928 g/mol. The van der Waals surface area contributed by atoms with E-state index in [-0.39, 0.29) is 25.9 Å². The minimum Gasteiger partial charge on any atom is -0.455 e. The Labute approximate surface area is 342 Å². The van der Waals surface area contributed by atoms with Crippen LogP contribution in [0.3, 0.4) is 0 Å². The van der Waals surface area contributed by atoms with Crippen molar-refractivity contribution in [2.45, 2.75) is 26.6 Å². The van der Waals surface area contributed by atoms with Crippen molar-refractivity contribution >= 4 is 35.2 Å². The monoisotopic (exact) mass is 928 g/mol. The zero-order valence-corrected chi connectivity index (χ0v) is 35.2. The Balaban J connectivity index is 0.000000156. The Bertz CT molecular complexity index is 2610. The number of para-hydroxylation sites is 1. The molecule has 4 nitrogen and oxygen atoms in total. The van der Waals surface area contributed by atoms with E-state index < -0.39 is 8.07 Å². The predicted octanol–water partition coefficient (Wildman–Crippen LogP) is 12.8. The fourth-order valence-electron chi connectivity index (χ4n) is 6.29. The Morgan fingerprint density at radius 3 is 1.77 bits per heavy atom. The Morgan fingerprint density at radius 2 is 1.14 bits per heavy atom. The fraction of sp³-hybridized carbons (Fsp3) is 0.0816. The summed E-state index contributed by atoms with van der Waals surface area (Å²) in [6.45, 7) is 9.07. The maximum Gasteiger partial charge on any atom is 0.144 e. The van der Waals surface area contributed by atoms with Crippen LogP contribution in [0.5, 0.6) is 0 Å². The van der Waals surface area contributed by atoms with Crippen molar-refractivity contribution in [3.8, 4) is 44.9 Å². The number of fused-ring (bicyclic) bond motifs is 3. The van der Waals surface area contributed by atoms with Crippen LogP contribution in [-0.2, 0) is 20.1 Å². The first-order chi connectivity index (χ1) is 26.7. The molecule has 0 fully saturated rings. The summed E-state index contributed by atoms with van der Waals surface area (Å²) in [6.07, 6.45) is 5.66. The van der Waals surface area contributed by atoms with Gasteiger partial charge in [0.05, 0.1) is 25.2 Å². The molecule has 0 saturated heterocycles. The van der Waals surface area contributed by atoms with Crippen molar-refractivity contribution in [2.75, 3.05) is 0 Å². The molecule has 5 aromatic carbocycles. The van der Waals surface area contributed by atoms with Gasteiger partial charge in [0.1, 0.15) is 17.0 Å². The van der Waals surface area contributed by atoms with Crippen LogP contribution in [-0.4, -0.2) is 23.0 Å².